The fourth-order valence-corrected chi connectivity index (χ4v) is 3.12. The van der Waals surface area contributed by atoms with Crippen molar-refractivity contribution in [1.82, 2.24) is 10.3 Å². The van der Waals surface area contributed by atoms with Gasteiger partial charge in [-0.15, -0.1) is 0 Å². The fraction of sp³-hybridized carbons (Fsp3) is 0.154. The average molecular weight is 476 g/mol. The lowest BCUT2D eigenvalue weighted by Gasteiger charge is -2.11. The maximum Gasteiger partial charge on any atom is 0.258 e. The third-order valence-corrected chi connectivity index (χ3v) is 4.91. The van der Waals surface area contributed by atoms with Gasteiger partial charge in [0.1, 0.15) is 17.2 Å². The van der Waals surface area contributed by atoms with E-state index in [2.05, 4.69) is 10.3 Å². The maximum atomic E-state index is 12.0. The zero-order valence-electron chi connectivity index (χ0n) is 19.3. The number of rotatable bonds is 11. The van der Waals surface area contributed by atoms with Crippen LogP contribution in [0.15, 0.2) is 67.1 Å². The van der Waals surface area contributed by atoms with E-state index in [1.165, 1.54) is 20.3 Å². The van der Waals surface area contributed by atoms with Crippen molar-refractivity contribution in [2.75, 3.05) is 20.8 Å². The minimum absolute atomic E-state index is 0.101. The van der Waals surface area contributed by atoms with E-state index in [-0.39, 0.29) is 12.5 Å². The van der Waals surface area contributed by atoms with E-state index >= 15 is 0 Å². The van der Waals surface area contributed by atoms with Gasteiger partial charge < -0.3 is 19.5 Å². The first kappa shape index (κ1) is 25.0. The summed E-state index contributed by atoms with van der Waals surface area (Å²) in [6, 6.07) is 14.3. The molecule has 3 rings (SSSR count). The summed E-state index contributed by atoms with van der Waals surface area (Å²) in [5.41, 5.74) is 3.06. The average Bonchev–Trinajstić information content (AvgIpc) is 2.89. The minimum Gasteiger partial charge on any atom is -0.497 e. The molecule has 0 atom stereocenters. The molecule has 0 saturated heterocycles. The number of carbonyl (C=O) groups is 1. The quantitative estimate of drug-likeness (QED) is 0.251. The molecule has 180 valence electrons. The van der Waals surface area contributed by atoms with E-state index in [9.17, 15) is 14.9 Å². The maximum absolute atomic E-state index is 12.0. The molecule has 0 unspecified atom stereocenters. The van der Waals surface area contributed by atoms with Crippen molar-refractivity contribution >= 4 is 24.1 Å². The van der Waals surface area contributed by atoms with Crippen LogP contribution in [0.25, 0.3) is 18.2 Å². The van der Waals surface area contributed by atoms with E-state index in [1.54, 1.807) is 36.7 Å². The molecule has 35 heavy (non-hydrogen) atoms. The number of carbonyl (C=O) groups excluding carboxylic acids is 1. The summed E-state index contributed by atoms with van der Waals surface area (Å²) in [4.78, 5) is 26.2. The normalized spacial score (nSPS) is 10.9. The SMILES string of the molecule is COc1cc(/C=C/c2ccc(OCC(=O)NCc3ccncc3)cc2)c(/C=C/[N+](=O)[O-])c(OC)c1. The molecule has 3 aromatic rings. The number of ether oxygens (including phenoxy) is 3. The Morgan fingerprint density at radius 1 is 1.00 bits per heavy atom. The molecule has 0 aliphatic heterocycles. The Morgan fingerprint density at radius 2 is 1.74 bits per heavy atom. The summed E-state index contributed by atoms with van der Waals surface area (Å²) in [5.74, 6) is 1.34. The zero-order valence-corrected chi connectivity index (χ0v) is 19.3. The van der Waals surface area contributed by atoms with Gasteiger partial charge in [-0.3, -0.25) is 19.9 Å². The van der Waals surface area contributed by atoms with Crippen molar-refractivity contribution in [1.29, 1.82) is 0 Å². The van der Waals surface area contributed by atoms with Gasteiger partial charge in [0.05, 0.1) is 19.1 Å². The third kappa shape index (κ3) is 7.71. The molecule has 1 N–H and O–H groups in total. The highest BCUT2D eigenvalue weighted by atomic mass is 16.6. The first-order valence-corrected chi connectivity index (χ1v) is 10.6. The molecule has 0 spiro atoms. The van der Waals surface area contributed by atoms with E-state index in [0.717, 1.165) is 17.3 Å². The summed E-state index contributed by atoms with van der Waals surface area (Å²) >= 11 is 0. The Morgan fingerprint density at radius 3 is 2.40 bits per heavy atom. The van der Waals surface area contributed by atoms with E-state index in [4.69, 9.17) is 14.2 Å². The number of benzene rings is 2. The van der Waals surface area contributed by atoms with Gasteiger partial charge in [0, 0.05) is 36.6 Å². The number of methoxy groups -OCH3 is 2. The first-order valence-electron chi connectivity index (χ1n) is 10.6. The van der Waals surface area contributed by atoms with Crippen LogP contribution >= 0.6 is 0 Å². The van der Waals surface area contributed by atoms with Crippen LogP contribution in [-0.2, 0) is 11.3 Å². The Balaban J connectivity index is 1.64. The van der Waals surface area contributed by atoms with Crippen LogP contribution in [0.4, 0.5) is 0 Å². The van der Waals surface area contributed by atoms with Gasteiger partial charge in [0.25, 0.3) is 5.91 Å². The van der Waals surface area contributed by atoms with Crippen LogP contribution in [0.2, 0.25) is 0 Å². The molecule has 9 heteroatoms. The Labute approximate surface area is 202 Å². The summed E-state index contributed by atoms with van der Waals surface area (Å²) in [5, 5.41) is 13.6. The lowest BCUT2D eigenvalue weighted by Crippen LogP contribution is -2.28. The van der Waals surface area contributed by atoms with Crippen molar-refractivity contribution in [3.63, 3.8) is 0 Å². The number of pyridine rings is 1. The Kier molecular flexibility index (Phi) is 8.95. The van der Waals surface area contributed by atoms with Gasteiger partial charge in [0.2, 0.25) is 6.20 Å². The van der Waals surface area contributed by atoms with Gasteiger partial charge in [-0.05, 0) is 47.0 Å². The molecular weight excluding hydrogens is 450 g/mol. The van der Waals surface area contributed by atoms with Crippen molar-refractivity contribution in [3.05, 3.63) is 99.5 Å². The molecule has 1 amide bonds. The molecule has 9 nitrogen and oxygen atoms in total. The number of nitrogens with zero attached hydrogens (tertiary/aromatic N) is 2. The molecule has 0 bridgehead atoms. The number of hydrogen-bond donors (Lipinski definition) is 1. The summed E-state index contributed by atoms with van der Waals surface area (Å²) in [7, 11) is 3.02. The van der Waals surface area contributed by atoms with Crippen molar-refractivity contribution in [2.45, 2.75) is 6.54 Å². The van der Waals surface area contributed by atoms with Crippen LogP contribution in [0.3, 0.4) is 0 Å². The van der Waals surface area contributed by atoms with Crippen molar-refractivity contribution in [3.8, 4) is 17.2 Å². The molecule has 0 radical (unpaired) electrons. The van der Waals surface area contributed by atoms with Gasteiger partial charge in [-0.2, -0.15) is 0 Å². The molecule has 2 aromatic carbocycles. The summed E-state index contributed by atoms with van der Waals surface area (Å²) < 4.78 is 16.2. The lowest BCUT2D eigenvalue weighted by atomic mass is 10.0. The van der Waals surface area contributed by atoms with Gasteiger partial charge in [-0.1, -0.05) is 24.3 Å². The second-order valence-corrected chi connectivity index (χ2v) is 7.26. The third-order valence-electron chi connectivity index (χ3n) is 4.91. The number of nitro groups is 1. The van der Waals surface area contributed by atoms with Crippen LogP contribution in [-0.4, -0.2) is 36.6 Å². The largest absolute Gasteiger partial charge is 0.497 e. The first-order chi connectivity index (χ1) is 17.0. The van der Waals surface area contributed by atoms with Crippen molar-refractivity contribution < 1.29 is 23.9 Å². The number of nitrogens with one attached hydrogen (secondary N) is 1. The summed E-state index contributed by atoms with van der Waals surface area (Å²) in [6.45, 7) is 0.304. The number of aromatic nitrogens is 1. The standard InChI is InChI=1S/C26H25N3O6/c1-33-23-15-21(24(11-14-29(31)32)25(16-23)34-2)6-3-19-4-7-22(8-5-19)35-18-26(30)28-17-20-9-12-27-13-10-20/h3-16H,17-18H2,1-2H3,(H,28,30)/b6-3+,14-11+. The Bertz CT molecular complexity index is 1210. The van der Waals surface area contributed by atoms with E-state index in [1.807, 2.05) is 36.4 Å². The smallest absolute Gasteiger partial charge is 0.258 e. The summed E-state index contributed by atoms with van der Waals surface area (Å²) in [6.07, 6.45) is 9.25. The molecule has 1 aromatic heterocycles. The topological polar surface area (TPSA) is 113 Å². The zero-order chi connectivity index (χ0) is 25.0. The van der Waals surface area contributed by atoms with Gasteiger partial charge >= 0.3 is 0 Å². The molecule has 0 aliphatic carbocycles. The molecule has 0 fully saturated rings. The van der Waals surface area contributed by atoms with Crippen LogP contribution in [0.1, 0.15) is 22.3 Å². The highest BCUT2D eigenvalue weighted by Crippen LogP contribution is 2.31. The molecular formula is C26H25N3O6. The van der Waals surface area contributed by atoms with Gasteiger partial charge in [-0.25, -0.2) is 0 Å². The second-order valence-electron chi connectivity index (χ2n) is 7.26. The lowest BCUT2D eigenvalue weighted by molar-refractivity contribution is -0.400. The Hall–Kier alpha value is -4.66. The number of amides is 1. The fourth-order valence-electron chi connectivity index (χ4n) is 3.12. The number of hydrogen-bond acceptors (Lipinski definition) is 7. The predicted octanol–water partition coefficient (Wildman–Crippen LogP) is 4.21. The van der Waals surface area contributed by atoms with E-state index in [0.29, 0.717) is 34.9 Å². The van der Waals surface area contributed by atoms with Crippen LogP contribution in [0, 0.1) is 10.1 Å². The molecule has 1 heterocycles. The molecule has 0 saturated carbocycles. The monoisotopic (exact) mass is 475 g/mol. The highest BCUT2D eigenvalue weighted by molar-refractivity contribution is 5.79. The van der Waals surface area contributed by atoms with Gasteiger partial charge in [0.15, 0.2) is 6.61 Å². The predicted molar refractivity (Wildman–Crippen MR) is 133 cm³/mol. The molecule has 0 aliphatic rings. The van der Waals surface area contributed by atoms with Crippen LogP contribution < -0.4 is 19.5 Å². The van der Waals surface area contributed by atoms with E-state index < -0.39 is 4.92 Å². The minimum atomic E-state index is -0.532. The second kappa shape index (κ2) is 12.5. The van der Waals surface area contributed by atoms with Crippen LogP contribution in [0.5, 0.6) is 17.2 Å². The highest BCUT2D eigenvalue weighted by Gasteiger charge is 2.10. The van der Waals surface area contributed by atoms with Crippen molar-refractivity contribution in [2.24, 2.45) is 0 Å².